The zero-order valence-corrected chi connectivity index (χ0v) is 12.2. The van der Waals surface area contributed by atoms with Crippen LogP contribution in [0.25, 0.3) is 0 Å². The molecule has 3 rings (SSSR count). The van der Waals surface area contributed by atoms with Crippen molar-refractivity contribution >= 4 is 24.2 Å². The molecule has 0 radical (unpaired) electrons. The monoisotopic (exact) mass is 282 g/mol. The van der Waals surface area contributed by atoms with Gasteiger partial charge in [-0.15, -0.1) is 0 Å². The Hall–Kier alpha value is -0.905. The maximum atomic E-state index is 6.28. The molecule has 1 saturated heterocycles. The van der Waals surface area contributed by atoms with Crippen molar-refractivity contribution in [3.63, 3.8) is 0 Å². The van der Waals surface area contributed by atoms with E-state index in [0.29, 0.717) is 16.5 Å². The van der Waals surface area contributed by atoms with Crippen molar-refractivity contribution in [3.05, 3.63) is 17.2 Å². The Balaban J connectivity index is 1.96. The summed E-state index contributed by atoms with van der Waals surface area (Å²) in [6.07, 6.45) is 0. The largest absolute Gasteiger partial charge is 0.496 e. The normalized spacial score (nSPS) is 22.9. The van der Waals surface area contributed by atoms with Crippen LogP contribution >= 0.6 is 11.6 Å². The van der Waals surface area contributed by atoms with Crippen LogP contribution in [0.3, 0.4) is 0 Å². The minimum absolute atomic E-state index is 0.221. The SMILES string of the molecule is CC1(C)OB(c2cc3c(cc2Cl)OCO3)OC1(C)C. The van der Waals surface area contributed by atoms with E-state index in [1.807, 2.05) is 33.8 Å². The van der Waals surface area contributed by atoms with E-state index in [1.54, 1.807) is 6.07 Å². The highest BCUT2D eigenvalue weighted by atomic mass is 35.5. The highest BCUT2D eigenvalue weighted by Crippen LogP contribution is 2.39. The lowest BCUT2D eigenvalue weighted by atomic mass is 9.79. The quantitative estimate of drug-likeness (QED) is 0.741. The summed E-state index contributed by atoms with van der Waals surface area (Å²) in [4.78, 5) is 0. The van der Waals surface area contributed by atoms with Gasteiger partial charge in [-0.05, 0) is 33.8 Å². The van der Waals surface area contributed by atoms with Crippen molar-refractivity contribution in [1.29, 1.82) is 0 Å². The Morgan fingerprint density at radius 2 is 1.53 bits per heavy atom. The molecule has 0 atom stereocenters. The molecule has 0 aromatic heterocycles. The molecule has 0 spiro atoms. The molecule has 1 aromatic carbocycles. The fourth-order valence-electron chi connectivity index (χ4n) is 2.08. The van der Waals surface area contributed by atoms with E-state index in [4.69, 9.17) is 30.4 Å². The minimum Gasteiger partial charge on any atom is -0.454 e. The molecular weight excluding hydrogens is 266 g/mol. The van der Waals surface area contributed by atoms with E-state index in [-0.39, 0.29) is 6.79 Å². The van der Waals surface area contributed by atoms with Crippen molar-refractivity contribution in [2.75, 3.05) is 6.79 Å². The first-order chi connectivity index (χ1) is 8.80. The smallest absolute Gasteiger partial charge is 0.454 e. The summed E-state index contributed by atoms with van der Waals surface area (Å²) in [6, 6.07) is 3.57. The van der Waals surface area contributed by atoms with Crippen molar-refractivity contribution < 1.29 is 18.8 Å². The van der Waals surface area contributed by atoms with Gasteiger partial charge in [0, 0.05) is 16.6 Å². The standard InChI is InChI=1S/C13H16BClO4/c1-12(2)13(3,4)19-14(18-12)8-5-10-11(6-9(8)15)17-7-16-10/h5-6H,7H2,1-4H3. The van der Waals surface area contributed by atoms with Gasteiger partial charge >= 0.3 is 7.12 Å². The maximum absolute atomic E-state index is 6.28. The first-order valence-electron chi connectivity index (χ1n) is 6.25. The van der Waals surface area contributed by atoms with E-state index < -0.39 is 18.3 Å². The average Bonchev–Trinajstić information content (AvgIpc) is 2.80. The van der Waals surface area contributed by atoms with E-state index in [2.05, 4.69) is 0 Å². The van der Waals surface area contributed by atoms with Gasteiger partial charge in [0.1, 0.15) is 0 Å². The van der Waals surface area contributed by atoms with Crippen molar-refractivity contribution in [1.82, 2.24) is 0 Å². The van der Waals surface area contributed by atoms with Gasteiger partial charge in [0.05, 0.1) is 11.2 Å². The Kier molecular flexibility index (Phi) is 2.79. The van der Waals surface area contributed by atoms with Gasteiger partial charge in [-0.1, -0.05) is 11.6 Å². The summed E-state index contributed by atoms with van der Waals surface area (Å²) in [5, 5.41) is 0.558. The first kappa shape index (κ1) is 13.1. The van der Waals surface area contributed by atoms with Crippen LogP contribution in [0.5, 0.6) is 11.5 Å². The van der Waals surface area contributed by atoms with Gasteiger partial charge in [-0.3, -0.25) is 0 Å². The Labute approximate surface area is 118 Å². The van der Waals surface area contributed by atoms with Gasteiger partial charge < -0.3 is 18.8 Å². The molecule has 1 fully saturated rings. The van der Waals surface area contributed by atoms with Crippen LogP contribution in [0.2, 0.25) is 5.02 Å². The molecule has 0 amide bonds. The van der Waals surface area contributed by atoms with Crippen LogP contribution in [-0.2, 0) is 9.31 Å². The molecule has 0 bridgehead atoms. The Morgan fingerprint density at radius 3 is 2.11 bits per heavy atom. The van der Waals surface area contributed by atoms with Gasteiger partial charge in [0.25, 0.3) is 0 Å². The van der Waals surface area contributed by atoms with E-state index >= 15 is 0 Å². The number of benzene rings is 1. The van der Waals surface area contributed by atoms with Crippen LogP contribution in [-0.4, -0.2) is 25.1 Å². The Morgan fingerprint density at radius 1 is 1.00 bits per heavy atom. The highest BCUT2D eigenvalue weighted by Gasteiger charge is 2.52. The molecule has 0 saturated carbocycles. The third-order valence-corrected chi connectivity index (χ3v) is 4.33. The molecule has 0 N–H and O–H groups in total. The van der Waals surface area contributed by atoms with E-state index in [1.165, 1.54) is 0 Å². The topological polar surface area (TPSA) is 36.9 Å². The van der Waals surface area contributed by atoms with Crippen molar-refractivity contribution in [3.8, 4) is 11.5 Å². The third-order valence-electron chi connectivity index (χ3n) is 4.00. The molecule has 2 aliphatic rings. The second kappa shape index (κ2) is 4.04. The second-order valence-electron chi connectivity index (χ2n) is 5.82. The van der Waals surface area contributed by atoms with Crippen molar-refractivity contribution in [2.45, 2.75) is 38.9 Å². The van der Waals surface area contributed by atoms with Crippen LogP contribution in [0, 0.1) is 0 Å². The fourth-order valence-corrected chi connectivity index (χ4v) is 2.33. The molecular formula is C13H16BClO4. The number of halogens is 1. The molecule has 0 aliphatic carbocycles. The lowest BCUT2D eigenvalue weighted by Crippen LogP contribution is -2.41. The molecule has 2 heterocycles. The maximum Gasteiger partial charge on any atom is 0.496 e. The fraction of sp³-hybridized carbons (Fsp3) is 0.538. The zero-order chi connectivity index (χ0) is 13.8. The summed E-state index contributed by atoms with van der Waals surface area (Å²) in [5.41, 5.74) is -0.0149. The van der Waals surface area contributed by atoms with Gasteiger partial charge in [0.2, 0.25) is 6.79 Å². The molecule has 102 valence electrons. The lowest BCUT2D eigenvalue weighted by molar-refractivity contribution is 0.00578. The summed E-state index contributed by atoms with van der Waals surface area (Å²) >= 11 is 6.28. The molecule has 19 heavy (non-hydrogen) atoms. The number of fused-ring (bicyclic) bond motifs is 1. The van der Waals surface area contributed by atoms with Crippen LogP contribution in [0.1, 0.15) is 27.7 Å². The molecule has 0 unspecified atom stereocenters. The summed E-state index contributed by atoms with van der Waals surface area (Å²) < 4.78 is 22.6. The van der Waals surface area contributed by atoms with Crippen LogP contribution < -0.4 is 14.9 Å². The molecule has 4 nitrogen and oxygen atoms in total. The van der Waals surface area contributed by atoms with Crippen LogP contribution in [0.4, 0.5) is 0 Å². The first-order valence-corrected chi connectivity index (χ1v) is 6.63. The van der Waals surface area contributed by atoms with Crippen molar-refractivity contribution in [2.24, 2.45) is 0 Å². The number of ether oxygens (including phenoxy) is 2. The van der Waals surface area contributed by atoms with E-state index in [0.717, 1.165) is 5.46 Å². The predicted octanol–water partition coefficient (Wildman–Crippen LogP) is 2.37. The van der Waals surface area contributed by atoms with Gasteiger partial charge in [-0.2, -0.15) is 0 Å². The number of hydrogen-bond acceptors (Lipinski definition) is 4. The predicted molar refractivity (Wildman–Crippen MR) is 73.3 cm³/mol. The molecule has 1 aromatic rings. The summed E-state index contributed by atoms with van der Waals surface area (Å²) in [6.45, 7) is 8.25. The zero-order valence-electron chi connectivity index (χ0n) is 11.5. The van der Waals surface area contributed by atoms with E-state index in [9.17, 15) is 0 Å². The van der Waals surface area contributed by atoms with Crippen LogP contribution in [0.15, 0.2) is 12.1 Å². The Bertz CT molecular complexity index is 514. The third kappa shape index (κ3) is 2.00. The summed E-state index contributed by atoms with van der Waals surface area (Å²) in [5.74, 6) is 1.33. The number of rotatable bonds is 1. The number of hydrogen-bond donors (Lipinski definition) is 0. The second-order valence-corrected chi connectivity index (χ2v) is 6.22. The van der Waals surface area contributed by atoms with Gasteiger partial charge in [-0.25, -0.2) is 0 Å². The van der Waals surface area contributed by atoms with Gasteiger partial charge in [0.15, 0.2) is 11.5 Å². The molecule has 6 heteroatoms. The summed E-state index contributed by atoms with van der Waals surface area (Å²) in [7, 11) is -0.494. The lowest BCUT2D eigenvalue weighted by Gasteiger charge is -2.32. The minimum atomic E-state index is -0.494. The average molecular weight is 283 g/mol. The highest BCUT2D eigenvalue weighted by molar-refractivity contribution is 6.65. The molecule has 2 aliphatic heterocycles.